The van der Waals surface area contributed by atoms with Gasteiger partial charge in [-0.3, -0.25) is 0 Å². The minimum absolute atomic E-state index is 0.914. The highest BCUT2D eigenvalue weighted by atomic mass is 79.9. The van der Waals surface area contributed by atoms with Crippen LogP contribution in [-0.2, 0) is 0 Å². The summed E-state index contributed by atoms with van der Waals surface area (Å²) in [5.41, 5.74) is 1.84. The Bertz CT molecular complexity index is 1180. The van der Waals surface area contributed by atoms with Crippen LogP contribution in [0.3, 0.4) is 0 Å². The summed E-state index contributed by atoms with van der Waals surface area (Å²) in [6.45, 7) is 0. The van der Waals surface area contributed by atoms with Crippen molar-refractivity contribution in [2.24, 2.45) is 0 Å². The van der Waals surface area contributed by atoms with Crippen molar-refractivity contribution in [1.29, 1.82) is 0 Å². The molecular weight excluding hydrogens is 336 g/mol. The number of hydrogen-bond acceptors (Lipinski definition) is 1. The number of halogens is 1. The Hall–Kier alpha value is -2.32. The Labute approximate surface area is 135 Å². The van der Waals surface area contributed by atoms with Crippen LogP contribution >= 0.6 is 15.9 Å². The molecule has 0 atom stereocenters. The molecule has 0 saturated carbocycles. The van der Waals surface area contributed by atoms with E-state index in [-0.39, 0.29) is 0 Å². The molecule has 22 heavy (non-hydrogen) atoms. The van der Waals surface area contributed by atoms with Crippen LogP contribution in [0.25, 0.3) is 43.5 Å². The number of benzene rings is 4. The molecule has 0 unspecified atom stereocenters. The average Bonchev–Trinajstić information content (AvgIpc) is 2.69. The monoisotopic (exact) mass is 346 g/mol. The predicted molar refractivity (Wildman–Crippen MR) is 96.4 cm³/mol. The van der Waals surface area contributed by atoms with Crippen molar-refractivity contribution in [3.05, 3.63) is 71.2 Å². The van der Waals surface area contributed by atoms with E-state index in [1.54, 1.807) is 0 Å². The predicted octanol–water partition coefficient (Wildman–Crippen LogP) is 6.65. The van der Waals surface area contributed by atoms with Crippen LogP contribution < -0.4 is 0 Å². The molecule has 0 saturated heterocycles. The first-order valence-corrected chi connectivity index (χ1v) is 8.03. The molecule has 0 radical (unpaired) electrons. The van der Waals surface area contributed by atoms with Crippen molar-refractivity contribution in [1.82, 2.24) is 0 Å². The van der Waals surface area contributed by atoms with E-state index < -0.39 is 0 Å². The van der Waals surface area contributed by atoms with Gasteiger partial charge in [-0.15, -0.1) is 0 Å². The van der Waals surface area contributed by atoms with E-state index in [2.05, 4.69) is 58.4 Å². The first-order valence-electron chi connectivity index (χ1n) is 7.24. The van der Waals surface area contributed by atoms with E-state index in [9.17, 15) is 0 Å². The van der Waals surface area contributed by atoms with Gasteiger partial charge < -0.3 is 4.42 Å². The van der Waals surface area contributed by atoms with E-state index in [4.69, 9.17) is 4.42 Å². The maximum Gasteiger partial charge on any atom is 0.135 e. The quantitative estimate of drug-likeness (QED) is 0.305. The molecule has 0 N–H and O–H groups in total. The lowest BCUT2D eigenvalue weighted by Gasteiger charge is -2.04. The molecule has 5 rings (SSSR count). The third-order valence-corrected chi connectivity index (χ3v) is 5.02. The molecule has 104 valence electrons. The zero-order valence-electron chi connectivity index (χ0n) is 11.6. The van der Waals surface area contributed by atoms with E-state index >= 15 is 0 Å². The molecular formula is C20H11BrO. The SMILES string of the molecule is Brc1ccc2c3cccc4cccc(oc5cccc1c52)c43. The lowest BCUT2D eigenvalue weighted by Crippen LogP contribution is -1.78. The smallest absolute Gasteiger partial charge is 0.135 e. The van der Waals surface area contributed by atoms with Gasteiger partial charge in [0.25, 0.3) is 0 Å². The molecule has 4 aromatic carbocycles. The highest BCUT2D eigenvalue weighted by Crippen LogP contribution is 2.38. The van der Waals surface area contributed by atoms with Crippen LogP contribution in [-0.4, -0.2) is 0 Å². The van der Waals surface area contributed by atoms with Gasteiger partial charge in [0.05, 0.1) is 0 Å². The van der Waals surface area contributed by atoms with Crippen LogP contribution in [0, 0.1) is 0 Å². The van der Waals surface area contributed by atoms with Crippen molar-refractivity contribution in [2.75, 3.05) is 0 Å². The standard InChI is InChI=1S/C20H11BrO/c21-16-11-10-14-13-6-1-4-12-5-2-8-17(19(12)13)22-18-9-3-7-15(16)20(14)18/h1-11H. The maximum atomic E-state index is 6.28. The van der Waals surface area contributed by atoms with Gasteiger partial charge in [0.2, 0.25) is 0 Å². The second-order valence-corrected chi connectivity index (χ2v) is 6.39. The van der Waals surface area contributed by atoms with Gasteiger partial charge in [-0.25, -0.2) is 0 Å². The zero-order chi connectivity index (χ0) is 14.7. The highest BCUT2D eigenvalue weighted by Gasteiger charge is 2.11. The second-order valence-electron chi connectivity index (χ2n) is 5.54. The summed E-state index contributed by atoms with van der Waals surface area (Å²) >= 11 is 3.66. The summed E-state index contributed by atoms with van der Waals surface area (Å²) in [7, 11) is 0. The van der Waals surface area contributed by atoms with E-state index in [1.807, 2.05) is 24.3 Å². The Kier molecular flexibility index (Phi) is 2.42. The van der Waals surface area contributed by atoms with Gasteiger partial charge in [0.15, 0.2) is 0 Å². The molecule has 2 heteroatoms. The number of rotatable bonds is 0. The lowest BCUT2D eigenvalue weighted by molar-refractivity contribution is 0.664. The topological polar surface area (TPSA) is 13.1 Å². The Morgan fingerprint density at radius 1 is 0.591 bits per heavy atom. The molecule has 1 nitrogen and oxygen atoms in total. The molecule has 0 amide bonds. The Morgan fingerprint density at radius 3 is 2.09 bits per heavy atom. The number of fused-ring (bicyclic) bond motifs is 1. The second kappa shape index (κ2) is 4.34. The summed E-state index contributed by atoms with van der Waals surface area (Å²) in [6.07, 6.45) is 0. The van der Waals surface area contributed by atoms with Gasteiger partial charge in [-0.1, -0.05) is 64.5 Å². The molecule has 1 heterocycles. The molecule has 5 aromatic rings. The summed E-state index contributed by atoms with van der Waals surface area (Å²) in [4.78, 5) is 0. The van der Waals surface area contributed by atoms with Crippen molar-refractivity contribution in [2.45, 2.75) is 0 Å². The summed E-state index contributed by atoms with van der Waals surface area (Å²) in [5, 5.41) is 7.20. The fraction of sp³-hybridized carbons (Fsp3) is 0. The minimum Gasteiger partial charge on any atom is -0.456 e. The van der Waals surface area contributed by atoms with E-state index in [1.165, 1.54) is 32.3 Å². The van der Waals surface area contributed by atoms with E-state index in [0.29, 0.717) is 0 Å². The molecule has 0 bridgehead atoms. The zero-order valence-corrected chi connectivity index (χ0v) is 13.2. The number of hydrogen-bond donors (Lipinski definition) is 0. The molecule has 0 aliphatic heterocycles. The van der Waals surface area contributed by atoms with Crippen LogP contribution in [0.4, 0.5) is 0 Å². The normalized spacial score (nSPS) is 11.9. The molecule has 0 aliphatic rings. The van der Waals surface area contributed by atoms with Gasteiger partial charge in [-0.05, 0) is 34.4 Å². The average molecular weight is 347 g/mol. The van der Waals surface area contributed by atoms with Gasteiger partial charge in [0, 0.05) is 20.6 Å². The third-order valence-electron chi connectivity index (χ3n) is 4.33. The van der Waals surface area contributed by atoms with E-state index in [0.717, 1.165) is 15.6 Å². The van der Waals surface area contributed by atoms with Gasteiger partial charge >= 0.3 is 0 Å². The molecule has 0 aliphatic carbocycles. The molecule has 0 spiro atoms. The van der Waals surface area contributed by atoms with Crippen LogP contribution in [0.5, 0.6) is 0 Å². The summed E-state index contributed by atoms with van der Waals surface area (Å²) < 4.78 is 7.37. The summed E-state index contributed by atoms with van der Waals surface area (Å²) in [6, 6.07) is 23.2. The van der Waals surface area contributed by atoms with Crippen molar-refractivity contribution >= 4 is 59.4 Å². The van der Waals surface area contributed by atoms with Crippen LogP contribution in [0.1, 0.15) is 0 Å². The van der Waals surface area contributed by atoms with Crippen molar-refractivity contribution in [3.63, 3.8) is 0 Å². The van der Waals surface area contributed by atoms with Crippen LogP contribution in [0.2, 0.25) is 0 Å². The fourth-order valence-electron chi connectivity index (χ4n) is 3.38. The van der Waals surface area contributed by atoms with Gasteiger partial charge in [-0.2, -0.15) is 0 Å². The van der Waals surface area contributed by atoms with Crippen molar-refractivity contribution in [3.8, 4) is 0 Å². The third kappa shape index (κ3) is 1.53. The lowest BCUT2D eigenvalue weighted by atomic mass is 10.00. The largest absolute Gasteiger partial charge is 0.456 e. The maximum absolute atomic E-state index is 6.28. The van der Waals surface area contributed by atoms with Crippen LogP contribution in [0.15, 0.2) is 75.6 Å². The fourth-order valence-corrected chi connectivity index (χ4v) is 3.84. The molecule has 1 aromatic heterocycles. The Morgan fingerprint density at radius 2 is 1.23 bits per heavy atom. The summed E-state index contributed by atoms with van der Waals surface area (Å²) in [5.74, 6) is 0. The highest BCUT2D eigenvalue weighted by molar-refractivity contribution is 9.10. The minimum atomic E-state index is 0.914. The van der Waals surface area contributed by atoms with Crippen molar-refractivity contribution < 1.29 is 4.42 Å². The first-order chi connectivity index (χ1) is 10.8. The molecule has 0 fully saturated rings. The Balaban J connectivity index is 2.28. The first kappa shape index (κ1) is 12.2. The van der Waals surface area contributed by atoms with Gasteiger partial charge in [0.1, 0.15) is 11.2 Å².